The maximum Gasteiger partial charge on any atom is 0.191 e. The fraction of sp³-hybridized carbons (Fsp3) is 0.278. The van der Waals surface area contributed by atoms with E-state index >= 15 is 0 Å². The predicted octanol–water partition coefficient (Wildman–Crippen LogP) is 4.06. The van der Waals surface area contributed by atoms with Crippen LogP contribution in [0.1, 0.15) is 28.6 Å². The smallest absolute Gasteiger partial charge is 0.191 e. The first-order valence-corrected chi connectivity index (χ1v) is 8.56. The number of ketones is 1. The highest BCUT2D eigenvalue weighted by Crippen LogP contribution is 2.29. The number of carbonyl (C=O) groups excluding carboxylic acids is 1. The van der Waals surface area contributed by atoms with Gasteiger partial charge in [0.15, 0.2) is 16.8 Å². The van der Waals surface area contributed by atoms with Crippen LogP contribution in [0.5, 0.6) is 0 Å². The number of hydrogen-bond donors (Lipinski definition) is 0. The number of rotatable bonds is 5. The lowest BCUT2D eigenvalue weighted by Crippen LogP contribution is -2.14. The summed E-state index contributed by atoms with van der Waals surface area (Å²) in [5.74, 6) is 1.62. The van der Waals surface area contributed by atoms with E-state index < -0.39 is 0 Å². The van der Waals surface area contributed by atoms with Gasteiger partial charge in [0.2, 0.25) is 0 Å². The van der Waals surface area contributed by atoms with Crippen molar-refractivity contribution >= 4 is 17.5 Å². The molecule has 0 amide bonds. The molecular formula is C18H19N3O2S. The van der Waals surface area contributed by atoms with E-state index in [1.54, 1.807) is 6.26 Å². The van der Waals surface area contributed by atoms with Crippen LogP contribution >= 0.6 is 11.8 Å². The topological polar surface area (TPSA) is 60.9 Å². The molecule has 0 aliphatic carbocycles. The minimum atomic E-state index is -0.242. The van der Waals surface area contributed by atoms with Gasteiger partial charge in [0.1, 0.15) is 5.76 Å². The molecule has 124 valence electrons. The molecule has 24 heavy (non-hydrogen) atoms. The predicted molar refractivity (Wildman–Crippen MR) is 94.3 cm³/mol. The van der Waals surface area contributed by atoms with Crippen molar-refractivity contribution in [3.8, 4) is 11.4 Å². The molecule has 3 rings (SSSR count). The molecule has 0 aliphatic rings. The van der Waals surface area contributed by atoms with Gasteiger partial charge in [0, 0.05) is 12.6 Å². The number of hydrogen-bond acceptors (Lipinski definition) is 5. The van der Waals surface area contributed by atoms with E-state index in [-0.39, 0.29) is 11.0 Å². The summed E-state index contributed by atoms with van der Waals surface area (Å²) in [5, 5.41) is 8.93. The standard InChI is InChI=1S/C18H19N3O2S/c1-11-5-7-14(8-6-11)16(22)13(3)24-18-20-19-17(21(18)4)15-9-10-23-12(15)2/h5-10,13H,1-4H3. The van der Waals surface area contributed by atoms with E-state index in [1.807, 2.05) is 62.7 Å². The Morgan fingerprint density at radius 3 is 2.50 bits per heavy atom. The van der Waals surface area contributed by atoms with Gasteiger partial charge < -0.3 is 8.98 Å². The minimum absolute atomic E-state index is 0.0871. The first-order valence-electron chi connectivity index (χ1n) is 7.68. The largest absolute Gasteiger partial charge is 0.469 e. The van der Waals surface area contributed by atoms with E-state index in [1.165, 1.54) is 11.8 Å². The molecule has 3 aromatic rings. The van der Waals surface area contributed by atoms with Gasteiger partial charge in [-0.15, -0.1) is 10.2 Å². The van der Waals surface area contributed by atoms with Crippen molar-refractivity contribution in [2.24, 2.45) is 7.05 Å². The van der Waals surface area contributed by atoms with E-state index in [2.05, 4.69) is 10.2 Å². The number of benzene rings is 1. The van der Waals surface area contributed by atoms with Crippen LogP contribution in [-0.2, 0) is 7.05 Å². The summed E-state index contributed by atoms with van der Waals surface area (Å²) in [6.45, 7) is 5.79. The first kappa shape index (κ1) is 16.5. The van der Waals surface area contributed by atoms with Gasteiger partial charge in [0.05, 0.1) is 17.1 Å². The Balaban J connectivity index is 1.79. The van der Waals surface area contributed by atoms with Crippen LogP contribution in [-0.4, -0.2) is 25.8 Å². The molecule has 0 saturated carbocycles. The summed E-state index contributed by atoms with van der Waals surface area (Å²) in [6.07, 6.45) is 1.63. The normalized spacial score (nSPS) is 12.3. The number of aromatic nitrogens is 3. The summed E-state index contributed by atoms with van der Waals surface area (Å²) in [6, 6.07) is 9.51. The second-order valence-corrected chi connectivity index (χ2v) is 7.05. The summed E-state index contributed by atoms with van der Waals surface area (Å²) in [7, 11) is 1.90. The Labute approximate surface area is 145 Å². The molecule has 6 heteroatoms. The van der Waals surface area contributed by atoms with Crippen LogP contribution in [0.15, 0.2) is 46.2 Å². The Kier molecular flexibility index (Phi) is 4.57. The highest BCUT2D eigenvalue weighted by Gasteiger charge is 2.21. The van der Waals surface area contributed by atoms with E-state index in [9.17, 15) is 4.79 Å². The molecule has 1 unspecified atom stereocenters. The molecular weight excluding hydrogens is 322 g/mol. The lowest BCUT2D eigenvalue weighted by molar-refractivity contribution is 0.0994. The quantitative estimate of drug-likeness (QED) is 0.517. The number of thioether (sulfide) groups is 1. The van der Waals surface area contributed by atoms with Crippen LogP contribution in [0.4, 0.5) is 0 Å². The van der Waals surface area contributed by atoms with Crippen molar-refractivity contribution in [1.29, 1.82) is 0 Å². The van der Waals surface area contributed by atoms with Crippen LogP contribution in [0.2, 0.25) is 0 Å². The van der Waals surface area contributed by atoms with Crippen molar-refractivity contribution in [2.45, 2.75) is 31.2 Å². The molecule has 0 N–H and O–H groups in total. The van der Waals surface area contributed by atoms with Gasteiger partial charge >= 0.3 is 0 Å². The van der Waals surface area contributed by atoms with Gasteiger partial charge in [-0.05, 0) is 26.8 Å². The lowest BCUT2D eigenvalue weighted by atomic mass is 10.1. The summed E-state index contributed by atoms with van der Waals surface area (Å²) >= 11 is 1.41. The first-order chi connectivity index (χ1) is 11.5. The second kappa shape index (κ2) is 6.65. The van der Waals surface area contributed by atoms with Crippen LogP contribution < -0.4 is 0 Å². The van der Waals surface area contributed by atoms with Crippen LogP contribution in [0.25, 0.3) is 11.4 Å². The van der Waals surface area contributed by atoms with Crippen LogP contribution in [0, 0.1) is 13.8 Å². The van der Waals surface area contributed by atoms with E-state index in [4.69, 9.17) is 4.42 Å². The van der Waals surface area contributed by atoms with E-state index in [0.29, 0.717) is 10.7 Å². The third-order valence-electron chi connectivity index (χ3n) is 3.92. The zero-order valence-corrected chi connectivity index (χ0v) is 14.9. The molecule has 2 heterocycles. The molecule has 5 nitrogen and oxygen atoms in total. The molecule has 1 atom stereocenters. The average Bonchev–Trinajstić information content (AvgIpc) is 3.14. The molecule has 1 aromatic carbocycles. The van der Waals surface area contributed by atoms with Crippen molar-refractivity contribution in [3.63, 3.8) is 0 Å². The summed E-state index contributed by atoms with van der Waals surface area (Å²) in [4.78, 5) is 12.6. The van der Waals surface area contributed by atoms with Crippen molar-refractivity contribution < 1.29 is 9.21 Å². The van der Waals surface area contributed by atoms with Gasteiger partial charge in [-0.3, -0.25) is 4.79 Å². The Hall–Kier alpha value is -2.34. The molecule has 0 saturated heterocycles. The summed E-state index contributed by atoms with van der Waals surface area (Å²) in [5.41, 5.74) is 2.77. The molecule has 0 spiro atoms. The molecule has 2 aromatic heterocycles. The molecule has 0 aliphatic heterocycles. The third-order valence-corrected chi connectivity index (χ3v) is 5.06. The van der Waals surface area contributed by atoms with Crippen LogP contribution in [0.3, 0.4) is 0 Å². The second-order valence-electron chi connectivity index (χ2n) is 5.75. The zero-order chi connectivity index (χ0) is 17.3. The molecule has 0 fully saturated rings. The number of carbonyl (C=O) groups is 1. The maximum atomic E-state index is 12.6. The SMILES string of the molecule is Cc1ccc(C(=O)C(C)Sc2nnc(-c3ccoc3C)n2C)cc1. The number of aryl methyl sites for hydroxylation is 2. The minimum Gasteiger partial charge on any atom is -0.469 e. The monoisotopic (exact) mass is 341 g/mol. The number of nitrogens with zero attached hydrogens (tertiary/aromatic N) is 3. The Morgan fingerprint density at radius 2 is 1.88 bits per heavy atom. The van der Waals surface area contributed by atoms with Gasteiger partial charge in [-0.25, -0.2) is 0 Å². The number of furan rings is 1. The van der Waals surface area contributed by atoms with Crippen molar-refractivity contribution in [3.05, 3.63) is 53.5 Å². The number of Topliss-reactive ketones (excluding diaryl/α,β-unsaturated/α-hetero) is 1. The van der Waals surface area contributed by atoms with Crippen molar-refractivity contribution in [1.82, 2.24) is 14.8 Å². The highest BCUT2D eigenvalue weighted by molar-refractivity contribution is 8.00. The maximum absolute atomic E-state index is 12.6. The van der Waals surface area contributed by atoms with Gasteiger partial charge in [-0.2, -0.15) is 0 Å². The van der Waals surface area contributed by atoms with E-state index in [0.717, 1.165) is 22.7 Å². The summed E-state index contributed by atoms with van der Waals surface area (Å²) < 4.78 is 7.22. The van der Waals surface area contributed by atoms with Gasteiger partial charge in [-0.1, -0.05) is 41.6 Å². The Bertz CT molecular complexity index is 865. The third kappa shape index (κ3) is 3.14. The average molecular weight is 341 g/mol. The van der Waals surface area contributed by atoms with Gasteiger partial charge in [0.25, 0.3) is 0 Å². The zero-order valence-electron chi connectivity index (χ0n) is 14.1. The molecule has 0 radical (unpaired) electrons. The Morgan fingerprint density at radius 1 is 1.17 bits per heavy atom. The lowest BCUT2D eigenvalue weighted by Gasteiger charge is -2.10. The van der Waals surface area contributed by atoms with Crippen molar-refractivity contribution in [2.75, 3.05) is 0 Å². The fourth-order valence-electron chi connectivity index (χ4n) is 2.43. The molecule has 0 bridgehead atoms. The highest BCUT2D eigenvalue weighted by atomic mass is 32.2. The fourth-order valence-corrected chi connectivity index (χ4v) is 3.33.